The number of rotatable bonds is 4. The summed E-state index contributed by atoms with van der Waals surface area (Å²) in [6, 6.07) is 0.343. The highest BCUT2D eigenvalue weighted by molar-refractivity contribution is 6.31. The maximum Gasteiger partial charge on any atom is 0.0864 e. The van der Waals surface area contributed by atoms with Crippen molar-refractivity contribution in [2.45, 2.75) is 57.7 Å². The minimum absolute atomic E-state index is 0.0604. The van der Waals surface area contributed by atoms with Gasteiger partial charge in [-0.25, -0.2) is 0 Å². The fraction of sp³-hybridized carbons (Fsp3) is 0.786. The summed E-state index contributed by atoms with van der Waals surface area (Å²) in [7, 11) is 1.96. The lowest BCUT2D eigenvalue weighted by Crippen LogP contribution is -2.46. The second kappa shape index (κ2) is 5.81. The van der Waals surface area contributed by atoms with Crippen molar-refractivity contribution in [3.63, 3.8) is 0 Å². The molecule has 1 aliphatic rings. The van der Waals surface area contributed by atoms with E-state index in [2.05, 4.69) is 31.2 Å². The first-order chi connectivity index (χ1) is 8.99. The molecule has 1 N–H and O–H groups in total. The molecule has 2 rings (SSSR count). The van der Waals surface area contributed by atoms with Gasteiger partial charge in [0.2, 0.25) is 0 Å². The van der Waals surface area contributed by atoms with Crippen molar-refractivity contribution < 1.29 is 4.74 Å². The van der Waals surface area contributed by atoms with E-state index in [9.17, 15) is 0 Å². The number of aromatic nitrogens is 2. The van der Waals surface area contributed by atoms with Gasteiger partial charge in [0.05, 0.1) is 28.6 Å². The van der Waals surface area contributed by atoms with Crippen molar-refractivity contribution in [2.24, 2.45) is 0 Å². The van der Waals surface area contributed by atoms with E-state index in [1.165, 1.54) is 6.42 Å². The molecule has 0 spiro atoms. The van der Waals surface area contributed by atoms with Crippen molar-refractivity contribution in [1.29, 1.82) is 0 Å². The normalized spacial score (nSPS) is 25.8. The molecule has 0 aliphatic carbocycles. The third-order valence-corrected chi connectivity index (χ3v) is 4.24. The number of hydrogen-bond acceptors (Lipinski definition) is 3. The Balaban J connectivity index is 2.38. The van der Waals surface area contributed by atoms with E-state index in [0.29, 0.717) is 5.02 Å². The minimum Gasteiger partial charge on any atom is -0.373 e. The van der Waals surface area contributed by atoms with Crippen LogP contribution < -0.4 is 5.32 Å². The van der Waals surface area contributed by atoms with E-state index >= 15 is 0 Å². The average Bonchev–Trinajstić information content (AvgIpc) is 2.73. The molecule has 1 aliphatic heterocycles. The van der Waals surface area contributed by atoms with Gasteiger partial charge >= 0.3 is 0 Å². The first-order valence-electron chi connectivity index (χ1n) is 7.03. The van der Waals surface area contributed by atoms with Gasteiger partial charge in [0.15, 0.2) is 0 Å². The molecule has 1 saturated heterocycles. The lowest BCUT2D eigenvalue weighted by molar-refractivity contribution is -0.0901. The molecule has 0 bridgehead atoms. The zero-order chi connectivity index (χ0) is 14.0. The molecule has 0 amide bonds. The van der Waals surface area contributed by atoms with Crippen LogP contribution in [0.5, 0.6) is 0 Å². The monoisotopic (exact) mass is 285 g/mol. The predicted octanol–water partition coefficient (Wildman–Crippen LogP) is 3.34. The summed E-state index contributed by atoms with van der Waals surface area (Å²) in [4.78, 5) is 0. The molecule has 1 aromatic heterocycles. The Labute approximate surface area is 120 Å². The zero-order valence-corrected chi connectivity index (χ0v) is 13.0. The van der Waals surface area contributed by atoms with Crippen LogP contribution >= 0.6 is 11.6 Å². The molecule has 2 atom stereocenters. The van der Waals surface area contributed by atoms with Crippen LogP contribution in [0.25, 0.3) is 0 Å². The van der Waals surface area contributed by atoms with Crippen LogP contribution in [-0.4, -0.2) is 29.0 Å². The quantitative estimate of drug-likeness (QED) is 0.922. The van der Waals surface area contributed by atoms with Gasteiger partial charge in [-0.3, -0.25) is 4.68 Å². The summed E-state index contributed by atoms with van der Waals surface area (Å²) >= 11 is 6.36. The zero-order valence-electron chi connectivity index (χ0n) is 12.2. The summed E-state index contributed by atoms with van der Waals surface area (Å²) in [6.45, 7) is 7.22. The van der Waals surface area contributed by atoms with E-state index in [1.54, 1.807) is 6.20 Å². The van der Waals surface area contributed by atoms with E-state index in [1.807, 2.05) is 11.7 Å². The van der Waals surface area contributed by atoms with Crippen molar-refractivity contribution in [1.82, 2.24) is 15.1 Å². The van der Waals surface area contributed by atoms with Gasteiger partial charge in [-0.05, 0) is 47.1 Å². The average molecular weight is 286 g/mol. The largest absolute Gasteiger partial charge is 0.373 e. The number of ether oxygens (including phenoxy) is 1. The van der Waals surface area contributed by atoms with Gasteiger partial charge in [0, 0.05) is 12.6 Å². The Kier molecular flexibility index (Phi) is 4.54. The van der Waals surface area contributed by atoms with Crippen molar-refractivity contribution in [2.75, 3.05) is 13.7 Å². The molecule has 0 radical (unpaired) electrons. The Morgan fingerprint density at radius 1 is 1.47 bits per heavy atom. The maximum absolute atomic E-state index is 6.36. The highest BCUT2D eigenvalue weighted by Gasteiger charge is 2.40. The molecule has 5 heteroatoms. The highest BCUT2D eigenvalue weighted by atomic mass is 35.5. The fourth-order valence-electron chi connectivity index (χ4n) is 2.95. The minimum atomic E-state index is -0.219. The number of nitrogens with zero attached hydrogens (tertiary/aromatic N) is 2. The molecule has 1 fully saturated rings. The highest BCUT2D eigenvalue weighted by Crippen LogP contribution is 2.39. The fourth-order valence-corrected chi connectivity index (χ4v) is 3.19. The van der Waals surface area contributed by atoms with Crippen molar-refractivity contribution >= 4 is 11.6 Å². The SMILES string of the molecule is CNC(c1c(Cl)cnn1C(C)C)C1(C)CCCCO1. The Bertz CT molecular complexity index is 424. The molecular formula is C14H24ClN3O. The number of halogens is 1. The van der Waals surface area contributed by atoms with Gasteiger partial charge in [0.1, 0.15) is 0 Å². The molecule has 4 nitrogen and oxygen atoms in total. The molecule has 108 valence electrons. The maximum atomic E-state index is 6.36. The lowest BCUT2D eigenvalue weighted by atomic mass is 9.86. The van der Waals surface area contributed by atoms with Crippen LogP contribution in [0, 0.1) is 0 Å². The Hall–Kier alpha value is -0.580. The first-order valence-corrected chi connectivity index (χ1v) is 7.41. The van der Waals surface area contributed by atoms with E-state index in [4.69, 9.17) is 16.3 Å². The number of hydrogen-bond donors (Lipinski definition) is 1. The third-order valence-electron chi connectivity index (χ3n) is 3.95. The van der Waals surface area contributed by atoms with E-state index in [-0.39, 0.29) is 17.7 Å². The number of nitrogens with one attached hydrogen (secondary N) is 1. The van der Waals surface area contributed by atoms with Crippen molar-refractivity contribution in [3.05, 3.63) is 16.9 Å². The summed E-state index contributed by atoms with van der Waals surface area (Å²) in [5.74, 6) is 0. The van der Waals surface area contributed by atoms with Gasteiger partial charge < -0.3 is 10.1 Å². The van der Waals surface area contributed by atoms with Crippen LogP contribution in [-0.2, 0) is 4.74 Å². The van der Waals surface area contributed by atoms with Gasteiger partial charge in [-0.2, -0.15) is 5.10 Å². The molecule has 2 unspecified atom stereocenters. The smallest absolute Gasteiger partial charge is 0.0864 e. The molecule has 19 heavy (non-hydrogen) atoms. The van der Waals surface area contributed by atoms with Gasteiger partial charge in [-0.1, -0.05) is 11.6 Å². The summed E-state index contributed by atoms with van der Waals surface area (Å²) in [5.41, 5.74) is 0.812. The predicted molar refractivity (Wildman–Crippen MR) is 77.6 cm³/mol. The molecular weight excluding hydrogens is 262 g/mol. The Morgan fingerprint density at radius 2 is 2.21 bits per heavy atom. The summed E-state index contributed by atoms with van der Waals surface area (Å²) < 4.78 is 8.06. The van der Waals surface area contributed by atoms with E-state index < -0.39 is 0 Å². The summed E-state index contributed by atoms with van der Waals surface area (Å²) in [5, 5.41) is 8.49. The topological polar surface area (TPSA) is 39.1 Å². The molecule has 0 aromatic carbocycles. The number of likely N-dealkylation sites (N-methyl/N-ethyl adjacent to an activating group) is 1. The molecule has 0 saturated carbocycles. The summed E-state index contributed by atoms with van der Waals surface area (Å²) in [6.07, 6.45) is 5.11. The van der Waals surface area contributed by atoms with Crippen LogP contribution in [0.15, 0.2) is 6.20 Å². The van der Waals surface area contributed by atoms with Crippen LogP contribution in [0.2, 0.25) is 5.02 Å². The van der Waals surface area contributed by atoms with Gasteiger partial charge in [0.25, 0.3) is 0 Å². The third kappa shape index (κ3) is 2.81. The lowest BCUT2D eigenvalue weighted by Gasteiger charge is -2.41. The van der Waals surface area contributed by atoms with Crippen LogP contribution in [0.3, 0.4) is 0 Å². The van der Waals surface area contributed by atoms with Crippen molar-refractivity contribution in [3.8, 4) is 0 Å². The van der Waals surface area contributed by atoms with Crippen LogP contribution in [0.1, 0.15) is 57.8 Å². The molecule has 2 heterocycles. The van der Waals surface area contributed by atoms with Gasteiger partial charge in [-0.15, -0.1) is 0 Å². The Morgan fingerprint density at radius 3 is 2.74 bits per heavy atom. The standard InChI is InChI=1S/C14H24ClN3O/c1-10(2)18-12(11(15)9-17-18)13(16-4)14(3)7-5-6-8-19-14/h9-10,13,16H,5-8H2,1-4H3. The van der Waals surface area contributed by atoms with E-state index in [0.717, 1.165) is 25.1 Å². The van der Waals surface area contributed by atoms with Crippen LogP contribution in [0.4, 0.5) is 0 Å². The first kappa shape index (κ1) is 14.8. The second-order valence-electron chi connectivity index (χ2n) is 5.76. The molecule has 1 aromatic rings. The second-order valence-corrected chi connectivity index (χ2v) is 6.16.